The van der Waals surface area contributed by atoms with E-state index in [-0.39, 0.29) is 4.99 Å². The molecule has 0 radical (unpaired) electrons. The third kappa shape index (κ3) is 2.25. The lowest BCUT2D eigenvalue weighted by Crippen LogP contribution is -2.11. The molecule has 0 saturated heterocycles. The number of furan rings is 1. The molecule has 0 fully saturated rings. The van der Waals surface area contributed by atoms with E-state index in [4.69, 9.17) is 22.4 Å². The smallest absolute Gasteiger partial charge is 0.178 e. The molecule has 5 nitrogen and oxygen atoms in total. The fourth-order valence-electron chi connectivity index (χ4n) is 1.74. The van der Waals surface area contributed by atoms with Crippen LogP contribution in [0.15, 0.2) is 41.1 Å². The van der Waals surface area contributed by atoms with Crippen LogP contribution in [-0.4, -0.2) is 19.9 Å². The van der Waals surface area contributed by atoms with Crippen LogP contribution in [-0.2, 0) is 0 Å². The van der Waals surface area contributed by atoms with E-state index in [1.807, 2.05) is 18.2 Å². The average molecular weight is 270 g/mol. The molecular formula is C13H10N4OS. The molecule has 19 heavy (non-hydrogen) atoms. The van der Waals surface area contributed by atoms with Crippen molar-refractivity contribution in [1.29, 1.82) is 0 Å². The van der Waals surface area contributed by atoms with E-state index in [0.29, 0.717) is 22.8 Å². The first-order valence-corrected chi connectivity index (χ1v) is 6.01. The zero-order chi connectivity index (χ0) is 13.2. The minimum absolute atomic E-state index is 0.246. The normalized spacial score (nSPS) is 11.9. The Morgan fingerprint density at radius 2 is 2.26 bits per heavy atom. The third-order valence-electron chi connectivity index (χ3n) is 2.61. The summed E-state index contributed by atoms with van der Waals surface area (Å²) in [7, 11) is 0. The van der Waals surface area contributed by atoms with Crippen molar-refractivity contribution in [3.63, 3.8) is 0 Å². The van der Waals surface area contributed by atoms with Crippen LogP contribution in [0, 0.1) is 0 Å². The van der Waals surface area contributed by atoms with Gasteiger partial charge in [0.15, 0.2) is 5.65 Å². The fraction of sp³-hybridized carbons (Fsp3) is 0. The lowest BCUT2D eigenvalue weighted by Gasteiger charge is -2.00. The zero-order valence-corrected chi connectivity index (χ0v) is 10.6. The van der Waals surface area contributed by atoms with Gasteiger partial charge in [-0.25, -0.2) is 9.97 Å². The lowest BCUT2D eigenvalue weighted by atomic mass is 10.2. The topological polar surface area (TPSA) is 80.7 Å². The molecule has 0 bridgehead atoms. The second kappa shape index (κ2) is 4.66. The number of nitrogens with two attached hydrogens (primary N) is 1. The molecule has 0 amide bonds. The van der Waals surface area contributed by atoms with Crippen LogP contribution in [0.5, 0.6) is 0 Å². The maximum absolute atomic E-state index is 5.75. The molecule has 0 aliphatic carbocycles. The largest absolute Gasteiger partial charge is 0.465 e. The molecule has 3 N–H and O–H groups in total. The van der Waals surface area contributed by atoms with E-state index in [2.05, 4.69) is 15.0 Å². The van der Waals surface area contributed by atoms with Crippen molar-refractivity contribution < 1.29 is 4.42 Å². The number of H-pyrrole nitrogens is 1. The molecule has 0 aromatic carbocycles. The SMILES string of the molecule is NC(=S)/C(=C\c1ccco1)c1nc2ncccc2[nH]1. The van der Waals surface area contributed by atoms with E-state index >= 15 is 0 Å². The number of aromatic amines is 1. The van der Waals surface area contributed by atoms with Gasteiger partial charge in [-0.3, -0.25) is 0 Å². The summed E-state index contributed by atoms with van der Waals surface area (Å²) >= 11 is 5.06. The Morgan fingerprint density at radius 3 is 2.95 bits per heavy atom. The van der Waals surface area contributed by atoms with Gasteiger partial charge in [-0.05, 0) is 30.3 Å². The molecule has 6 heteroatoms. The summed E-state index contributed by atoms with van der Waals surface area (Å²) in [5.41, 5.74) is 7.82. The number of hydrogen-bond donors (Lipinski definition) is 2. The highest BCUT2D eigenvalue weighted by Gasteiger charge is 2.11. The summed E-state index contributed by atoms with van der Waals surface area (Å²) in [6.45, 7) is 0. The van der Waals surface area contributed by atoms with Gasteiger partial charge in [0, 0.05) is 6.20 Å². The number of hydrogen-bond acceptors (Lipinski definition) is 4. The third-order valence-corrected chi connectivity index (χ3v) is 2.83. The monoisotopic (exact) mass is 270 g/mol. The van der Waals surface area contributed by atoms with Gasteiger partial charge in [-0.1, -0.05) is 12.2 Å². The maximum atomic E-state index is 5.75. The number of rotatable bonds is 3. The van der Waals surface area contributed by atoms with Gasteiger partial charge in [0.2, 0.25) is 0 Å². The van der Waals surface area contributed by atoms with Crippen molar-refractivity contribution in [1.82, 2.24) is 15.0 Å². The van der Waals surface area contributed by atoms with E-state index in [1.165, 1.54) is 0 Å². The first-order chi connectivity index (χ1) is 9.24. The van der Waals surface area contributed by atoms with Crippen LogP contribution < -0.4 is 5.73 Å². The second-order valence-electron chi connectivity index (χ2n) is 3.90. The lowest BCUT2D eigenvalue weighted by molar-refractivity contribution is 0.557. The minimum Gasteiger partial charge on any atom is -0.465 e. The Kier molecular flexibility index (Phi) is 2.85. The molecule has 0 aliphatic rings. The van der Waals surface area contributed by atoms with Gasteiger partial charge in [-0.2, -0.15) is 0 Å². The standard InChI is InChI=1S/C13H10N4OS/c14-11(19)9(7-8-3-2-6-18-8)12-16-10-4-1-5-15-13(10)17-12/h1-7H,(H2,14,19)(H,15,16,17)/b9-7+. The van der Waals surface area contributed by atoms with Crippen molar-refractivity contribution in [2.24, 2.45) is 5.73 Å². The first-order valence-electron chi connectivity index (χ1n) is 5.60. The fourth-order valence-corrected chi connectivity index (χ4v) is 1.90. The molecule has 0 saturated carbocycles. The summed E-state index contributed by atoms with van der Waals surface area (Å²) < 4.78 is 5.26. The van der Waals surface area contributed by atoms with E-state index < -0.39 is 0 Å². The molecule has 3 rings (SSSR count). The zero-order valence-electron chi connectivity index (χ0n) is 9.83. The molecule has 94 valence electrons. The summed E-state index contributed by atoms with van der Waals surface area (Å²) in [5, 5.41) is 0. The summed E-state index contributed by atoms with van der Waals surface area (Å²) in [6, 6.07) is 7.34. The number of nitrogens with zero attached hydrogens (tertiary/aromatic N) is 2. The summed E-state index contributed by atoms with van der Waals surface area (Å²) in [4.78, 5) is 11.9. The van der Waals surface area contributed by atoms with Crippen LogP contribution in [0.1, 0.15) is 11.6 Å². The molecule has 0 spiro atoms. The van der Waals surface area contributed by atoms with Crippen molar-refractivity contribution in [2.75, 3.05) is 0 Å². The summed E-state index contributed by atoms with van der Waals surface area (Å²) in [5.74, 6) is 1.24. The van der Waals surface area contributed by atoms with Gasteiger partial charge in [-0.15, -0.1) is 0 Å². The Balaban J connectivity index is 2.12. The molecule has 3 aromatic rings. The molecule has 0 aliphatic heterocycles. The Hall–Kier alpha value is -2.47. The van der Waals surface area contributed by atoms with Crippen LogP contribution in [0.2, 0.25) is 0 Å². The average Bonchev–Trinajstić information content (AvgIpc) is 3.04. The number of nitrogens with one attached hydrogen (secondary N) is 1. The number of fused-ring (bicyclic) bond motifs is 1. The van der Waals surface area contributed by atoms with Crippen molar-refractivity contribution >= 4 is 40.0 Å². The van der Waals surface area contributed by atoms with Crippen LogP contribution in [0.25, 0.3) is 22.8 Å². The van der Waals surface area contributed by atoms with Gasteiger partial charge in [0.25, 0.3) is 0 Å². The highest BCUT2D eigenvalue weighted by Crippen LogP contribution is 2.19. The van der Waals surface area contributed by atoms with Gasteiger partial charge < -0.3 is 15.1 Å². The van der Waals surface area contributed by atoms with E-state index in [1.54, 1.807) is 24.6 Å². The Morgan fingerprint density at radius 1 is 1.37 bits per heavy atom. The molecule has 3 aromatic heterocycles. The number of thiocarbonyl (C=S) groups is 1. The highest BCUT2D eigenvalue weighted by atomic mass is 32.1. The molecule has 0 unspecified atom stereocenters. The molecule has 3 heterocycles. The van der Waals surface area contributed by atoms with Crippen molar-refractivity contribution in [3.8, 4) is 0 Å². The maximum Gasteiger partial charge on any atom is 0.178 e. The van der Waals surface area contributed by atoms with Crippen LogP contribution in [0.3, 0.4) is 0 Å². The van der Waals surface area contributed by atoms with Crippen LogP contribution in [0.4, 0.5) is 0 Å². The summed E-state index contributed by atoms with van der Waals surface area (Å²) in [6.07, 6.45) is 5.02. The van der Waals surface area contributed by atoms with Crippen LogP contribution >= 0.6 is 12.2 Å². The van der Waals surface area contributed by atoms with Gasteiger partial charge >= 0.3 is 0 Å². The Labute approximate surface area is 114 Å². The van der Waals surface area contributed by atoms with Gasteiger partial charge in [0.05, 0.1) is 17.4 Å². The van der Waals surface area contributed by atoms with Crippen molar-refractivity contribution in [3.05, 3.63) is 48.3 Å². The van der Waals surface area contributed by atoms with E-state index in [9.17, 15) is 0 Å². The Bertz CT molecular complexity index is 725. The predicted octanol–water partition coefficient (Wildman–Crippen LogP) is 2.38. The highest BCUT2D eigenvalue weighted by molar-refractivity contribution is 7.81. The minimum atomic E-state index is 0.246. The number of imidazole rings is 1. The van der Waals surface area contributed by atoms with E-state index in [0.717, 1.165) is 5.52 Å². The van der Waals surface area contributed by atoms with Gasteiger partial charge in [0.1, 0.15) is 16.6 Å². The number of aromatic nitrogens is 3. The predicted molar refractivity (Wildman–Crippen MR) is 77.3 cm³/mol. The van der Waals surface area contributed by atoms with Crippen molar-refractivity contribution in [2.45, 2.75) is 0 Å². The molecular weight excluding hydrogens is 260 g/mol. The first kappa shape index (κ1) is 11.6. The molecule has 0 atom stereocenters. The number of pyridine rings is 1. The second-order valence-corrected chi connectivity index (χ2v) is 4.34. The quantitative estimate of drug-likeness (QED) is 0.564.